The fourth-order valence-electron chi connectivity index (χ4n) is 4.59. The van der Waals surface area contributed by atoms with Crippen LogP contribution in [0.4, 0.5) is 5.69 Å². The van der Waals surface area contributed by atoms with E-state index in [0.29, 0.717) is 23.5 Å². The summed E-state index contributed by atoms with van der Waals surface area (Å²) in [6.45, 7) is 8.86. The molecule has 0 aromatic heterocycles. The molecule has 1 aliphatic heterocycles. The Bertz CT molecular complexity index is 1200. The van der Waals surface area contributed by atoms with Crippen molar-refractivity contribution in [1.29, 1.82) is 0 Å². The van der Waals surface area contributed by atoms with Gasteiger partial charge in [-0.2, -0.15) is 0 Å². The summed E-state index contributed by atoms with van der Waals surface area (Å²) in [4.78, 5) is 26.3. The van der Waals surface area contributed by atoms with Crippen LogP contribution in [0.1, 0.15) is 83.6 Å². The van der Waals surface area contributed by atoms with Crippen LogP contribution in [0.3, 0.4) is 0 Å². The van der Waals surface area contributed by atoms with Gasteiger partial charge in [0, 0.05) is 11.3 Å². The molecule has 0 aliphatic carbocycles. The summed E-state index contributed by atoms with van der Waals surface area (Å²) < 4.78 is 11.0. The topological polar surface area (TPSA) is 64.6 Å². The maximum absolute atomic E-state index is 14.1. The largest absolute Gasteiger partial charge is 0.489 e. The number of carbonyl (C=O) groups is 2. The Labute approximate surface area is 201 Å². The highest BCUT2D eigenvalue weighted by Crippen LogP contribution is 2.40. The highest BCUT2D eigenvalue weighted by Gasteiger charge is 2.32. The van der Waals surface area contributed by atoms with Crippen molar-refractivity contribution in [3.8, 4) is 5.75 Å². The minimum Gasteiger partial charge on any atom is -0.489 e. The molecule has 0 bridgehead atoms. The van der Waals surface area contributed by atoms with Gasteiger partial charge in [-0.1, -0.05) is 70.2 Å². The van der Waals surface area contributed by atoms with Crippen LogP contribution < -0.4 is 10.1 Å². The van der Waals surface area contributed by atoms with Crippen molar-refractivity contribution in [1.82, 2.24) is 0 Å². The standard InChI is InChI=1S/C29H31NO4/c1-17(2)21-11-8-12-22(18(3)4)27(21)30-28(31)26-23-10-7-6-9-20(23)16-34-25-14-13-19(15-24(25)26)29(32)33-5/h6-15,17-18,26H,16H2,1-5H3,(H,30,31). The van der Waals surface area contributed by atoms with Gasteiger partial charge in [0.05, 0.1) is 18.6 Å². The SMILES string of the molecule is COC(=O)c1ccc2c(c1)C(C(=O)Nc1c(C(C)C)cccc1C(C)C)c1ccccc1CO2. The molecule has 0 saturated carbocycles. The number of rotatable bonds is 5. The number of hydrogen-bond acceptors (Lipinski definition) is 4. The molecule has 3 aromatic rings. The van der Waals surface area contributed by atoms with E-state index in [4.69, 9.17) is 9.47 Å². The highest BCUT2D eigenvalue weighted by atomic mass is 16.5. The molecule has 176 valence electrons. The van der Waals surface area contributed by atoms with Gasteiger partial charge in [-0.3, -0.25) is 4.79 Å². The summed E-state index contributed by atoms with van der Waals surface area (Å²) in [6.07, 6.45) is 0. The Morgan fingerprint density at radius 3 is 2.24 bits per heavy atom. The molecule has 5 nitrogen and oxygen atoms in total. The molecule has 0 spiro atoms. The van der Waals surface area contributed by atoms with Gasteiger partial charge < -0.3 is 14.8 Å². The Hall–Kier alpha value is -3.60. The second-order valence-corrected chi connectivity index (χ2v) is 9.27. The molecule has 4 rings (SSSR count). The van der Waals surface area contributed by atoms with Crippen LogP contribution in [-0.2, 0) is 16.1 Å². The first kappa shape index (κ1) is 23.6. The third-order valence-electron chi connectivity index (χ3n) is 6.37. The quantitative estimate of drug-likeness (QED) is 0.451. The molecule has 34 heavy (non-hydrogen) atoms. The lowest BCUT2D eigenvalue weighted by Gasteiger charge is -2.24. The molecule has 3 aromatic carbocycles. The van der Waals surface area contributed by atoms with Crippen LogP contribution in [0, 0.1) is 0 Å². The maximum Gasteiger partial charge on any atom is 0.337 e. The van der Waals surface area contributed by atoms with Crippen LogP contribution in [0.5, 0.6) is 5.75 Å². The van der Waals surface area contributed by atoms with Crippen molar-refractivity contribution in [3.05, 3.63) is 94.0 Å². The third kappa shape index (κ3) is 4.43. The number of methoxy groups -OCH3 is 1. The predicted octanol–water partition coefficient (Wildman–Crippen LogP) is 6.38. The van der Waals surface area contributed by atoms with E-state index in [-0.39, 0.29) is 17.7 Å². The van der Waals surface area contributed by atoms with Gasteiger partial charge in [-0.25, -0.2) is 4.79 Å². The monoisotopic (exact) mass is 457 g/mol. The molecule has 1 atom stereocenters. The van der Waals surface area contributed by atoms with Crippen LogP contribution >= 0.6 is 0 Å². The van der Waals surface area contributed by atoms with E-state index in [2.05, 4.69) is 45.1 Å². The van der Waals surface area contributed by atoms with E-state index >= 15 is 0 Å². The number of carbonyl (C=O) groups excluding carboxylic acids is 2. The average Bonchev–Trinajstić information content (AvgIpc) is 2.99. The van der Waals surface area contributed by atoms with Gasteiger partial charge in [0.1, 0.15) is 12.4 Å². The van der Waals surface area contributed by atoms with Gasteiger partial charge in [-0.15, -0.1) is 0 Å². The lowest BCUT2D eigenvalue weighted by atomic mass is 9.86. The molecule has 1 amide bonds. The molecule has 1 aliphatic rings. The summed E-state index contributed by atoms with van der Waals surface area (Å²) in [5, 5.41) is 3.27. The van der Waals surface area contributed by atoms with Crippen LogP contribution in [0.15, 0.2) is 60.7 Å². The summed E-state index contributed by atoms with van der Waals surface area (Å²) in [7, 11) is 1.35. The van der Waals surface area contributed by atoms with E-state index in [1.165, 1.54) is 7.11 Å². The van der Waals surface area contributed by atoms with Crippen molar-refractivity contribution in [2.24, 2.45) is 0 Å². The van der Waals surface area contributed by atoms with Crippen molar-refractivity contribution in [3.63, 3.8) is 0 Å². The first-order chi connectivity index (χ1) is 16.3. The fraction of sp³-hybridized carbons (Fsp3) is 0.310. The lowest BCUT2D eigenvalue weighted by Crippen LogP contribution is -2.24. The molecule has 5 heteroatoms. The summed E-state index contributed by atoms with van der Waals surface area (Å²) >= 11 is 0. The predicted molar refractivity (Wildman–Crippen MR) is 134 cm³/mol. The van der Waals surface area contributed by atoms with E-state index in [1.54, 1.807) is 18.2 Å². The lowest BCUT2D eigenvalue weighted by molar-refractivity contribution is -0.116. The summed E-state index contributed by atoms with van der Waals surface area (Å²) in [5.74, 6) is -0.166. The van der Waals surface area contributed by atoms with E-state index in [9.17, 15) is 9.59 Å². The zero-order valence-electron chi connectivity index (χ0n) is 20.3. The number of amides is 1. The number of anilines is 1. The van der Waals surface area contributed by atoms with Crippen LogP contribution in [0.25, 0.3) is 0 Å². The van der Waals surface area contributed by atoms with E-state index < -0.39 is 11.9 Å². The van der Waals surface area contributed by atoms with E-state index in [1.807, 2.05) is 30.3 Å². The second kappa shape index (κ2) is 9.72. The second-order valence-electron chi connectivity index (χ2n) is 9.27. The Kier molecular flexibility index (Phi) is 6.73. The molecule has 0 saturated heterocycles. The molecule has 1 unspecified atom stereocenters. The summed E-state index contributed by atoms with van der Waals surface area (Å²) in [6, 6.07) is 19.1. The molecule has 0 radical (unpaired) electrons. The Morgan fingerprint density at radius 2 is 1.59 bits per heavy atom. The zero-order valence-corrected chi connectivity index (χ0v) is 20.3. The Balaban J connectivity index is 1.86. The van der Waals surface area contributed by atoms with Gasteiger partial charge in [0.2, 0.25) is 5.91 Å². The maximum atomic E-state index is 14.1. The number of benzene rings is 3. The number of ether oxygens (including phenoxy) is 2. The number of esters is 1. The molecular weight excluding hydrogens is 426 g/mol. The zero-order chi connectivity index (χ0) is 24.4. The molecule has 1 heterocycles. The van der Waals surface area contributed by atoms with Gasteiger partial charge in [-0.05, 0) is 52.3 Å². The van der Waals surface area contributed by atoms with Crippen molar-refractivity contribution in [2.75, 3.05) is 12.4 Å². The van der Waals surface area contributed by atoms with Crippen LogP contribution in [-0.4, -0.2) is 19.0 Å². The minimum absolute atomic E-state index is 0.156. The third-order valence-corrected chi connectivity index (χ3v) is 6.37. The van der Waals surface area contributed by atoms with Gasteiger partial charge in [0.15, 0.2) is 0 Å². The normalized spacial score (nSPS) is 14.6. The van der Waals surface area contributed by atoms with Crippen LogP contribution in [0.2, 0.25) is 0 Å². The summed E-state index contributed by atoms with van der Waals surface area (Å²) in [5.41, 5.74) is 5.91. The number of nitrogens with one attached hydrogen (secondary N) is 1. The highest BCUT2D eigenvalue weighted by molar-refractivity contribution is 6.01. The molecule has 0 fully saturated rings. The van der Waals surface area contributed by atoms with Crippen molar-refractivity contribution < 1.29 is 19.1 Å². The van der Waals surface area contributed by atoms with Crippen molar-refractivity contribution in [2.45, 2.75) is 52.1 Å². The number of hydrogen-bond donors (Lipinski definition) is 1. The van der Waals surface area contributed by atoms with Gasteiger partial charge >= 0.3 is 5.97 Å². The number of para-hydroxylation sites is 1. The fourth-order valence-corrected chi connectivity index (χ4v) is 4.59. The van der Waals surface area contributed by atoms with Gasteiger partial charge in [0.25, 0.3) is 0 Å². The average molecular weight is 458 g/mol. The minimum atomic E-state index is -0.640. The first-order valence-electron chi connectivity index (χ1n) is 11.7. The smallest absolute Gasteiger partial charge is 0.337 e. The van der Waals surface area contributed by atoms with E-state index in [0.717, 1.165) is 27.9 Å². The number of fused-ring (bicyclic) bond motifs is 2. The van der Waals surface area contributed by atoms with Crippen molar-refractivity contribution >= 4 is 17.6 Å². The molecular formula is C29H31NO4. The molecule has 1 N–H and O–H groups in total. The Morgan fingerprint density at radius 1 is 0.912 bits per heavy atom. The first-order valence-corrected chi connectivity index (χ1v) is 11.7.